The number of ether oxygens (including phenoxy) is 1. The van der Waals surface area contributed by atoms with Crippen molar-refractivity contribution >= 4 is 5.97 Å². The van der Waals surface area contributed by atoms with Gasteiger partial charge in [0.05, 0.1) is 12.2 Å². The van der Waals surface area contributed by atoms with Crippen LogP contribution >= 0.6 is 0 Å². The van der Waals surface area contributed by atoms with Crippen molar-refractivity contribution in [3.63, 3.8) is 0 Å². The van der Waals surface area contributed by atoms with Crippen LogP contribution in [0, 0.1) is 11.8 Å². The molecule has 0 spiro atoms. The van der Waals surface area contributed by atoms with Gasteiger partial charge in [0.2, 0.25) is 0 Å². The number of esters is 1. The van der Waals surface area contributed by atoms with Gasteiger partial charge in [0, 0.05) is 0 Å². The Bertz CT molecular complexity index is 206. The molecule has 0 saturated heterocycles. The molecule has 0 radical (unpaired) electrons. The van der Waals surface area contributed by atoms with Crippen molar-refractivity contribution in [2.75, 3.05) is 0 Å². The van der Waals surface area contributed by atoms with Crippen LogP contribution in [0.25, 0.3) is 0 Å². The summed E-state index contributed by atoms with van der Waals surface area (Å²) in [5, 5.41) is 0. The van der Waals surface area contributed by atoms with E-state index in [2.05, 4.69) is 6.92 Å². The normalized spacial score (nSPS) is 29.6. The fourth-order valence-corrected chi connectivity index (χ4v) is 1.87. The van der Waals surface area contributed by atoms with Gasteiger partial charge in [-0.15, -0.1) is 0 Å². The summed E-state index contributed by atoms with van der Waals surface area (Å²) in [4.78, 5) is 11.3. The molecule has 0 aromatic rings. The highest BCUT2D eigenvalue weighted by Gasteiger charge is 2.31. The maximum absolute atomic E-state index is 11.3. The van der Waals surface area contributed by atoms with Gasteiger partial charge in [0.25, 0.3) is 0 Å². The van der Waals surface area contributed by atoms with Gasteiger partial charge in [-0.1, -0.05) is 13.8 Å². The van der Waals surface area contributed by atoms with Crippen LogP contribution in [0.1, 0.15) is 33.6 Å². The van der Waals surface area contributed by atoms with Crippen LogP contribution in [0.15, 0.2) is 11.8 Å². The molecule has 1 aliphatic rings. The fraction of sp³-hybridized carbons (Fsp3) is 0.700. The number of hydrogen-bond donors (Lipinski definition) is 0. The molecule has 1 aliphatic heterocycles. The fourth-order valence-electron chi connectivity index (χ4n) is 1.87. The summed E-state index contributed by atoms with van der Waals surface area (Å²) in [6.45, 7) is 6.18. The van der Waals surface area contributed by atoms with Gasteiger partial charge >= 0.3 is 5.97 Å². The molecule has 2 heteroatoms. The van der Waals surface area contributed by atoms with Gasteiger partial charge < -0.3 is 4.74 Å². The van der Waals surface area contributed by atoms with Gasteiger partial charge in [-0.25, -0.2) is 0 Å². The molecular weight excluding hydrogens is 152 g/mol. The van der Waals surface area contributed by atoms with E-state index in [4.69, 9.17) is 4.74 Å². The quantitative estimate of drug-likeness (QED) is 0.592. The molecule has 1 rings (SSSR count). The van der Waals surface area contributed by atoms with E-state index in [9.17, 15) is 4.79 Å². The van der Waals surface area contributed by atoms with Gasteiger partial charge in [0.15, 0.2) is 0 Å². The Morgan fingerprint density at radius 1 is 1.33 bits per heavy atom. The molecule has 1 heterocycles. The van der Waals surface area contributed by atoms with Crippen molar-refractivity contribution < 1.29 is 9.53 Å². The minimum Gasteiger partial charge on any atom is -0.434 e. The summed E-state index contributed by atoms with van der Waals surface area (Å²) in [6.07, 6.45) is 3.50. The molecule has 0 saturated carbocycles. The molecule has 0 aromatic carbocycles. The Morgan fingerprint density at radius 2 is 1.92 bits per heavy atom. The predicted molar refractivity (Wildman–Crippen MR) is 47.4 cm³/mol. The van der Waals surface area contributed by atoms with E-state index in [1.165, 1.54) is 5.57 Å². The highest BCUT2D eigenvalue weighted by Crippen LogP contribution is 2.31. The molecule has 2 atom stereocenters. The minimum atomic E-state index is -0.0602. The zero-order valence-electron chi connectivity index (χ0n) is 7.96. The highest BCUT2D eigenvalue weighted by atomic mass is 16.5. The van der Waals surface area contributed by atoms with Crippen molar-refractivity contribution in [1.82, 2.24) is 0 Å². The Hall–Kier alpha value is -0.790. The van der Waals surface area contributed by atoms with Gasteiger partial charge in [-0.05, 0) is 31.3 Å². The molecule has 0 aliphatic carbocycles. The lowest BCUT2D eigenvalue weighted by Crippen LogP contribution is -2.28. The third-order valence-electron chi connectivity index (χ3n) is 2.61. The Morgan fingerprint density at radius 3 is 2.33 bits per heavy atom. The Kier molecular flexibility index (Phi) is 2.90. The van der Waals surface area contributed by atoms with E-state index in [0.717, 1.165) is 12.8 Å². The molecule has 0 N–H and O–H groups in total. The van der Waals surface area contributed by atoms with E-state index >= 15 is 0 Å². The Balaban J connectivity index is 2.82. The molecule has 0 bridgehead atoms. The second-order valence-corrected chi connectivity index (χ2v) is 3.33. The number of carbonyl (C=O) groups excluding carboxylic acids is 1. The molecule has 0 aromatic heterocycles. The van der Waals surface area contributed by atoms with E-state index in [1.807, 2.05) is 13.8 Å². The van der Waals surface area contributed by atoms with Gasteiger partial charge in [-0.2, -0.15) is 0 Å². The van der Waals surface area contributed by atoms with Crippen LogP contribution in [0.2, 0.25) is 0 Å². The topological polar surface area (TPSA) is 26.3 Å². The zero-order chi connectivity index (χ0) is 9.14. The molecule has 2 nitrogen and oxygen atoms in total. The van der Waals surface area contributed by atoms with Crippen molar-refractivity contribution in [3.8, 4) is 0 Å². The number of rotatable bonds is 2. The maximum atomic E-state index is 11.3. The summed E-state index contributed by atoms with van der Waals surface area (Å²) < 4.78 is 4.92. The predicted octanol–water partition coefficient (Wildman–Crippen LogP) is 2.50. The highest BCUT2D eigenvalue weighted by molar-refractivity contribution is 5.75. The first-order chi connectivity index (χ1) is 5.70. The average molecular weight is 168 g/mol. The van der Waals surface area contributed by atoms with Gasteiger partial charge in [0.1, 0.15) is 0 Å². The standard InChI is InChI=1S/C10H16O2/c1-4-8-7(3)6-12-10(11)9(8)5-2/h6,8-9H,4-5H2,1-3H3. The number of carbonyl (C=O) groups is 1. The summed E-state index contributed by atoms with van der Waals surface area (Å²) >= 11 is 0. The molecule has 0 fully saturated rings. The largest absolute Gasteiger partial charge is 0.434 e. The minimum absolute atomic E-state index is 0.0602. The number of cyclic esters (lactones) is 1. The lowest BCUT2D eigenvalue weighted by atomic mass is 9.82. The van der Waals surface area contributed by atoms with Crippen LogP contribution in [0.5, 0.6) is 0 Å². The first-order valence-electron chi connectivity index (χ1n) is 4.57. The maximum Gasteiger partial charge on any atom is 0.314 e. The molecular formula is C10H16O2. The van der Waals surface area contributed by atoms with E-state index in [1.54, 1.807) is 6.26 Å². The summed E-state index contributed by atoms with van der Waals surface area (Å²) in [7, 11) is 0. The first kappa shape index (κ1) is 9.30. The molecule has 68 valence electrons. The van der Waals surface area contributed by atoms with Crippen molar-refractivity contribution in [1.29, 1.82) is 0 Å². The zero-order valence-corrected chi connectivity index (χ0v) is 7.96. The SMILES string of the molecule is CCC1C(=O)OC=C(C)C1CC. The third kappa shape index (κ3) is 1.52. The molecule has 12 heavy (non-hydrogen) atoms. The lowest BCUT2D eigenvalue weighted by Gasteiger charge is -2.27. The Labute approximate surface area is 73.6 Å². The average Bonchev–Trinajstić information content (AvgIpc) is 2.08. The van der Waals surface area contributed by atoms with Crippen molar-refractivity contribution in [2.45, 2.75) is 33.6 Å². The first-order valence-corrected chi connectivity index (χ1v) is 4.57. The van der Waals surface area contributed by atoms with Crippen molar-refractivity contribution in [3.05, 3.63) is 11.8 Å². The van der Waals surface area contributed by atoms with Crippen LogP contribution in [-0.4, -0.2) is 5.97 Å². The van der Waals surface area contributed by atoms with Crippen LogP contribution in [-0.2, 0) is 9.53 Å². The van der Waals surface area contributed by atoms with E-state index in [0.29, 0.717) is 5.92 Å². The summed E-state index contributed by atoms with van der Waals surface area (Å²) in [6, 6.07) is 0. The number of hydrogen-bond acceptors (Lipinski definition) is 2. The van der Waals surface area contributed by atoms with Crippen LogP contribution in [0.3, 0.4) is 0 Å². The van der Waals surface area contributed by atoms with Crippen LogP contribution in [0.4, 0.5) is 0 Å². The summed E-state index contributed by atoms with van der Waals surface area (Å²) in [5.41, 5.74) is 1.20. The molecule has 0 amide bonds. The second-order valence-electron chi connectivity index (χ2n) is 3.33. The van der Waals surface area contributed by atoms with Crippen LogP contribution < -0.4 is 0 Å². The third-order valence-corrected chi connectivity index (χ3v) is 2.61. The summed E-state index contributed by atoms with van der Waals surface area (Å²) in [5.74, 6) is 0.422. The number of allylic oxidation sites excluding steroid dienone is 1. The monoisotopic (exact) mass is 168 g/mol. The van der Waals surface area contributed by atoms with E-state index in [-0.39, 0.29) is 11.9 Å². The smallest absolute Gasteiger partial charge is 0.314 e. The van der Waals surface area contributed by atoms with Crippen molar-refractivity contribution in [2.24, 2.45) is 11.8 Å². The lowest BCUT2D eigenvalue weighted by molar-refractivity contribution is -0.146. The van der Waals surface area contributed by atoms with E-state index < -0.39 is 0 Å². The second kappa shape index (κ2) is 3.74. The molecule has 2 unspecified atom stereocenters. The van der Waals surface area contributed by atoms with Gasteiger partial charge in [-0.3, -0.25) is 4.79 Å².